The summed E-state index contributed by atoms with van der Waals surface area (Å²) in [6.07, 6.45) is 0.936. The summed E-state index contributed by atoms with van der Waals surface area (Å²) in [4.78, 5) is 17.9. The van der Waals surface area contributed by atoms with E-state index in [0.29, 0.717) is 17.4 Å². The molecular formula is C11H18N4O2S. The van der Waals surface area contributed by atoms with Crippen LogP contribution in [-0.2, 0) is 4.74 Å². The lowest BCUT2D eigenvalue weighted by molar-refractivity contribution is 0.0374. The summed E-state index contributed by atoms with van der Waals surface area (Å²) in [5.41, 5.74) is 5.88. The van der Waals surface area contributed by atoms with Crippen molar-refractivity contribution in [2.24, 2.45) is 0 Å². The molecular weight excluding hydrogens is 252 g/mol. The van der Waals surface area contributed by atoms with Gasteiger partial charge in [-0.15, -0.1) is 11.3 Å². The molecule has 1 aromatic heterocycles. The Kier molecular flexibility index (Phi) is 4.91. The highest BCUT2D eigenvalue weighted by Gasteiger charge is 2.11. The summed E-state index contributed by atoms with van der Waals surface area (Å²) in [7, 11) is 0. The van der Waals surface area contributed by atoms with Crippen molar-refractivity contribution in [2.45, 2.75) is 6.42 Å². The summed E-state index contributed by atoms with van der Waals surface area (Å²) in [5.74, 6) is -0.148. The fraction of sp³-hybridized carbons (Fsp3) is 0.636. The second-order valence-corrected chi connectivity index (χ2v) is 5.02. The fourth-order valence-electron chi connectivity index (χ4n) is 1.81. The van der Waals surface area contributed by atoms with Crippen LogP contribution in [-0.4, -0.2) is 55.2 Å². The van der Waals surface area contributed by atoms with Crippen LogP contribution in [0.5, 0.6) is 0 Å². The molecule has 1 aliphatic rings. The summed E-state index contributed by atoms with van der Waals surface area (Å²) in [6.45, 7) is 5.23. The number of thiazole rings is 1. The number of nitrogens with zero attached hydrogens (tertiary/aromatic N) is 2. The van der Waals surface area contributed by atoms with Crippen LogP contribution >= 0.6 is 11.3 Å². The number of anilines is 1. The van der Waals surface area contributed by atoms with Crippen molar-refractivity contribution >= 4 is 22.4 Å². The SMILES string of the molecule is Nc1nc(C(=O)NCCCN2CCOCC2)cs1. The summed E-state index contributed by atoms with van der Waals surface area (Å²) < 4.78 is 5.27. The van der Waals surface area contributed by atoms with Crippen LogP contribution in [0.3, 0.4) is 0 Å². The zero-order valence-electron chi connectivity index (χ0n) is 10.2. The Labute approximate surface area is 110 Å². The zero-order valence-corrected chi connectivity index (χ0v) is 11.0. The summed E-state index contributed by atoms with van der Waals surface area (Å²) in [6, 6.07) is 0. The Morgan fingerprint density at radius 1 is 1.56 bits per heavy atom. The van der Waals surface area contributed by atoms with Gasteiger partial charge in [0.25, 0.3) is 5.91 Å². The lowest BCUT2D eigenvalue weighted by atomic mass is 10.3. The van der Waals surface area contributed by atoms with Crippen LogP contribution in [0.4, 0.5) is 5.13 Å². The van der Waals surface area contributed by atoms with E-state index in [2.05, 4.69) is 15.2 Å². The Morgan fingerprint density at radius 2 is 2.33 bits per heavy atom. The second kappa shape index (κ2) is 6.67. The van der Waals surface area contributed by atoms with E-state index in [0.717, 1.165) is 39.3 Å². The van der Waals surface area contributed by atoms with Crippen molar-refractivity contribution in [3.05, 3.63) is 11.1 Å². The van der Waals surface area contributed by atoms with Crippen LogP contribution in [0.15, 0.2) is 5.38 Å². The molecule has 100 valence electrons. The third-order valence-corrected chi connectivity index (χ3v) is 3.47. The molecule has 2 heterocycles. The van der Waals surface area contributed by atoms with Crippen LogP contribution in [0.1, 0.15) is 16.9 Å². The van der Waals surface area contributed by atoms with E-state index in [4.69, 9.17) is 10.5 Å². The molecule has 0 spiro atoms. The first-order valence-corrected chi connectivity index (χ1v) is 6.93. The van der Waals surface area contributed by atoms with Crippen LogP contribution in [0, 0.1) is 0 Å². The molecule has 1 aliphatic heterocycles. The molecule has 0 saturated carbocycles. The van der Waals surface area contributed by atoms with Gasteiger partial charge < -0.3 is 15.8 Å². The van der Waals surface area contributed by atoms with Crippen molar-refractivity contribution in [2.75, 3.05) is 45.1 Å². The van der Waals surface area contributed by atoms with Gasteiger partial charge in [0.1, 0.15) is 5.69 Å². The number of aromatic nitrogens is 1. The predicted octanol–water partition coefficient (Wildman–Crippen LogP) is 0.177. The van der Waals surface area contributed by atoms with E-state index in [1.807, 2.05) is 0 Å². The standard InChI is InChI=1S/C11H18N4O2S/c12-11-14-9(8-18-11)10(16)13-2-1-3-15-4-6-17-7-5-15/h8H,1-7H2,(H2,12,14)(H,13,16). The Bertz CT molecular complexity index is 390. The lowest BCUT2D eigenvalue weighted by Crippen LogP contribution is -2.38. The normalized spacial score (nSPS) is 16.7. The highest BCUT2D eigenvalue weighted by Crippen LogP contribution is 2.10. The van der Waals surface area contributed by atoms with Gasteiger partial charge in [-0.1, -0.05) is 0 Å². The number of amides is 1. The minimum absolute atomic E-state index is 0.148. The lowest BCUT2D eigenvalue weighted by Gasteiger charge is -2.26. The zero-order chi connectivity index (χ0) is 12.8. The van der Waals surface area contributed by atoms with E-state index in [9.17, 15) is 4.79 Å². The number of rotatable bonds is 5. The van der Waals surface area contributed by atoms with Gasteiger partial charge in [-0.2, -0.15) is 0 Å². The van der Waals surface area contributed by atoms with Gasteiger partial charge in [0.15, 0.2) is 5.13 Å². The molecule has 0 radical (unpaired) electrons. The summed E-state index contributed by atoms with van der Waals surface area (Å²) in [5, 5.41) is 4.94. The number of carbonyl (C=O) groups is 1. The van der Waals surface area contributed by atoms with E-state index < -0.39 is 0 Å². The minimum atomic E-state index is -0.148. The van der Waals surface area contributed by atoms with Crippen molar-refractivity contribution in [3.63, 3.8) is 0 Å². The second-order valence-electron chi connectivity index (χ2n) is 4.13. The number of ether oxygens (including phenoxy) is 1. The maximum atomic E-state index is 11.7. The van der Waals surface area contributed by atoms with Gasteiger partial charge in [-0.05, 0) is 13.0 Å². The number of morpholine rings is 1. The van der Waals surface area contributed by atoms with Crippen molar-refractivity contribution in [1.82, 2.24) is 15.2 Å². The first-order valence-electron chi connectivity index (χ1n) is 6.05. The smallest absolute Gasteiger partial charge is 0.270 e. The van der Waals surface area contributed by atoms with Gasteiger partial charge in [0.05, 0.1) is 13.2 Å². The number of nitrogens with two attached hydrogens (primary N) is 1. The van der Waals surface area contributed by atoms with Crippen molar-refractivity contribution in [1.29, 1.82) is 0 Å². The fourth-order valence-corrected chi connectivity index (χ4v) is 2.35. The van der Waals surface area contributed by atoms with E-state index >= 15 is 0 Å². The molecule has 0 bridgehead atoms. The number of hydrogen-bond acceptors (Lipinski definition) is 6. The van der Waals surface area contributed by atoms with Crippen molar-refractivity contribution < 1.29 is 9.53 Å². The molecule has 0 atom stereocenters. The molecule has 1 aromatic rings. The van der Waals surface area contributed by atoms with Crippen LogP contribution < -0.4 is 11.1 Å². The number of hydrogen-bond donors (Lipinski definition) is 2. The first kappa shape index (κ1) is 13.3. The molecule has 6 nitrogen and oxygen atoms in total. The molecule has 1 fully saturated rings. The van der Waals surface area contributed by atoms with E-state index in [-0.39, 0.29) is 5.91 Å². The number of nitrogens with one attached hydrogen (secondary N) is 1. The molecule has 2 rings (SSSR count). The minimum Gasteiger partial charge on any atom is -0.379 e. The van der Waals surface area contributed by atoms with Gasteiger partial charge in [-0.3, -0.25) is 9.69 Å². The van der Waals surface area contributed by atoms with Gasteiger partial charge in [0.2, 0.25) is 0 Å². The molecule has 18 heavy (non-hydrogen) atoms. The number of carbonyl (C=O) groups excluding carboxylic acids is 1. The average Bonchev–Trinajstić information content (AvgIpc) is 2.82. The monoisotopic (exact) mass is 270 g/mol. The maximum Gasteiger partial charge on any atom is 0.270 e. The van der Waals surface area contributed by atoms with Crippen molar-refractivity contribution in [3.8, 4) is 0 Å². The third kappa shape index (κ3) is 3.94. The van der Waals surface area contributed by atoms with Crippen LogP contribution in [0.2, 0.25) is 0 Å². The quantitative estimate of drug-likeness (QED) is 0.746. The predicted molar refractivity (Wildman–Crippen MR) is 70.7 cm³/mol. The Hall–Kier alpha value is -1.18. The van der Waals surface area contributed by atoms with E-state index in [1.165, 1.54) is 11.3 Å². The highest BCUT2D eigenvalue weighted by molar-refractivity contribution is 7.13. The van der Waals surface area contributed by atoms with Gasteiger partial charge in [-0.25, -0.2) is 4.98 Å². The van der Waals surface area contributed by atoms with Gasteiger partial charge in [0, 0.05) is 25.0 Å². The number of nitrogen functional groups attached to an aromatic ring is 1. The molecule has 0 aromatic carbocycles. The average molecular weight is 270 g/mol. The molecule has 1 amide bonds. The Morgan fingerprint density at radius 3 is 3.00 bits per heavy atom. The van der Waals surface area contributed by atoms with E-state index in [1.54, 1.807) is 5.38 Å². The van der Waals surface area contributed by atoms with Crippen LogP contribution in [0.25, 0.3) is 0 Å². The third-order valence-electron chi connectivity index (χ3n) is 2.79. The molecule has 3 N–H and O–H groups in total. The molecule has 7 heteroatoms. The molecule has 1 saturated heterocycles. The first-order chi connectivity index (χ1) is 8.75. The highest BCUT2D eigenvalue weighted by atomic mass is 32.1. The summed E-state index contributed by atoms with van der Waals surface area (Å²) >= 11 is 1.28. The van der Waals surface area contributed by atoms with Gasteiger partial charge >= 0.3 is 0 Å². The molecule has 0 unspecified atom stereocenters. The Balaban J connectivity index is 1.61. The maximum absolute atomic E-state index is 11.7. The topological polar surface area (TPSA) is 80.5 Å². The molecule has 0 aliphatic carbocycles. The largest absolute Gasteiger partial charge is 0.379 e.